The van der Waals surface area contributed by atoms with E-state index in [1.54, 1.807) is 18.2 Å². The highest BCUT2D eigenvalue weighted by Crippen LogP contribution is 2.36. The predicted molar refractivity (Wildman–Crippen MR) is 103 cm³/mol. The van der Waals surface area contributed by atoms with Crippen LogP contribution in [0.15, 0.2) is 34.8 Å². The molecule has 0 amide bonds. The number of methoxy groups -OCH3 is 1. The number of halogens is 4. The summed E-state index contributed by atoms with van der Waals surface area (Å²) in [6.07, 6.45) is -0.409. The van der Waals surface area contributed by atoms with Crippen molar-refractivity contribution in [2.75, 3.05) is 7.11 Å². The number of carbonyl (C=O) groups is 2. The van der Waals surface area contributed by atoms with Crippen LogP contribution >= 0.6 is 50.7 Å². The number of esters is 2. The van der Waals surface area contributed by atoms with Crippen LogP contribution in [0, 0.1) is 0 Å². The van der Waals surface area contributed by atoms with Crippen molar-refractivity contribution in [2.24, 2.45) is 0 Å². The van der Waals surface area contributed by atoms with Crippen molar-refractivity contribution in [3.63, 3.8) is 0 Å². The van der Waals surface area contributed by atoms with Crippen molar-refractivity contribution in [3.8, 4) is 17.2 Å². The van der Waals surface area contributed by atoms with Gasteiger partial charge in [0.25, 0.3) is 0 Å². The number of benzene rings is 2. The van der Waals surface area contributed by atoms with Crippen LogP contribution in [0.2, 0.25) is 15.1 Å². The molecule has 26 heavy (non-hydrogen) atoms. The van der Waals surface area contributed by atoms with Crippen molar-refractivity contribution in [1.82, 2.24) is 0 Å². The summed E-state index contributed by atoms with van der Waals surface area (Å²) in [5.41, 5.74) is 0. The van der Waals surface area contributed by atoms with E-state index >= 15 is 0 Å². The van der Waals surface area contributed by atoms with Gasteiger partial charge in [0.15, 0.2) is 17.2 Å². The van der Waals surface area contributed by atoms with Gasteiger partial charge < -0.3 is 14.2 Å². The van der Waals surface area contributed by atoms with E-state index < -0.39 is 11.9 Å². The van der Waals surface area contributed by atoms with Crippen LogP contribution < -0.4 is 14.2 Å². The molecule has 0 aromatic heterocycles. The lowest BCUT2D eigenvalue weighted by molar-refractivity contribution is -0.140. The standard InChI is InChI=1S/C17H12BrCl3O5/c1-24-14-6-9(18)2-3-13(14)25-15(22)4-5-16(23)26-17-11(20)7-10(19)8-12(17)21/h2-3,6-8H,4-5H2,1H3. The molecule has 0 unspecified atom stereocenters. The third-order valence-corrected chi connectivity index (χ3v) is 4.33. The molecule has 0 fully saturated rings. The van der Waals surface area contributed by atoms with Crippen molar-refractivity contribution < 1.29 is 23.8 Å². The van der Waals surface area contributed by atoms with Gasteiger partial charge in [-0.25, -0.2) is 0 Å². The van der Waals surface area contributed by atoms with E-state index in [-0.39, 0.29) is 34.4 Å². The van der Waals surface area contributed by atoms with Crippen molar-refractivity contribution in [2.45, 2.75) is 12.8 Å². The molecular weight excluding hydrogens is 470 g/mol. The third-order valence-electron chi connectivity index (χ3n) is 3.06. The summed E-state index contributed by atoms with van der Waals surface area (Å²) in [7, 11) is 1.45. The molecule has 0 saturated carbocycles. The Bertz CT molecular complexity index is 818. The SMILES string of the molecule is COc1cc(Br)ccc1OC(=O)CCC(=O)Oc1c(Cl)cc(Cl)cc1Cl. The largest absolute Gasteiger partial charge is 0.493 e. The van der Waals surface area contributed by atoms with Gasteiger partial charge in [-0.2, -0.15) is 0 Å². The van der Waals surface area contributed by atoms with E-state index in [4.69, 9.17) is 49.0 Å². The summed E-state index contributed by atoms with van der Waals surface area (Å²) in [6, 6.07) is 7.72. The molecular formula is C17H12BrCl3O5. The first-order valence-electron chi connectivity index (χ1n) is 7.19. The van der Waals surface area contributed by atoms with Crippen molar-refractivity contribution in [3.05, 3.63) is 49.9 Å². The first-order valence-corrected chi connectivity index (χ1v) is 9.12. The molecule has 0 spiro atoms. The van der Waals surface area contributed by atoms with Crippen LogP contribution in [-0.2, 0) is 9.59 Å². The molecule has 0 radical (unpaired) electrons. The Morgan fingerprint density at radius 2 is 1.50 bits per heavy atom. The lowest BCUT2D eigenvalue weighted by Gasteiger charge is -2.10. The summed E-state index contributed by atoms with van der Waals surface area (Å²) in [5.74, 6) is -0.676. The van der Waals surface area contributed by atoms with E-state index in [0.29, 0.717) is 10.8 Å². The molecule has 2 aromatic carbocycles. The maximum absolute atomic E-state index is 11.9. The van der Waals surface area contributed by atoms with E-state index in [9.17, 15) is 9.59 Å². The molecule has 5 nitrogen and oxygen atoms in total. The predicted octanol–water partition coefficient (Wildman–Crippen LogP) is 5.71. The molecule has 2 aromatic rings. The Kier molecular flexibility index (Phi) is 7.58. The first kappa shape index (κ1) is 20.8. The highest BCUT2D eigenvalue weighted by molar-refractivity contribution is 9.10. The smallest absolute Gasteiger partial charge is 0.311 e. The first-order chi connectivity index (χ1) is 12.3. The summed E-state index contributed by atoms with van der Waals surface area (Å²) in [5, 5.41) is 0.503. The summed E-state index contributed by atoms with van der Waals surface area (Å²) < 4.78 is 16.2. The lowest BCUT2D eigenvalue weighted by Crippen LogP contribution is -2.14. The van der Waals surface area contributed by atoms with Gasteiger partial charge in [-0.15, -0.1) is 0 Å². The minimum Gasteiger partial charge on any atom is -0.493 e. The Morgan fingerprint density at radius 3 is 2.08 bits per heavy atom. The average Bonchev–Trinajstić information content (AvgIpc) is 2.57. The molecule has 0 N–H and O–H groups in total. The highest BCUT2D eigenvalue weighted by Gasteiger charge is 2.17. The molecule has 138 valence electrons. The minimum atomic E-state index is -0.684. The normalized spacial score (nSPS) is 10.3. The minimum absolute atomic E-state index is 0.00863. The van der Waals surface area contributed by atoms with Crippen LogP contribution in [0.5, 0.6) is 17.2 Å². The van der Waals surface area contributed by atoms with Gasteiger partial charge in [-0.1, -0.05) is 50.7 Å². The van der Waals surface area contributed by atoms with Crippen LogP contribution in [0.3, 0.4) is 0 Å². The van der Waals surface area contributed by atoms with Gasteiger partial charge in [0.1, 0.15) is 0 Å². The molecule has 9 heteroatoms. The fraction of sp³-hybridized carbons (Fsp3) is 0.176. The Balaban J connectivity index is 1.93. The quantitative estimate of drug-likeness (QED) is 0.390. The van der Waals surface area contributed by atoms with Crippen molar-refractivity contribution in [1.29, 1.82) is 0 Å². The fourth-order valence-electron chi connectivity index (χ4n) is 1.89. The number of carbonyl (C=O) groups excluding carboxylic acids is 2. The number of hydrogen-bond acceptors (Lipinski definition) is 5. The molecule has 0 aliphatic rings. The number of rotatable bonds is 6. The Morgan fingerprint density at radius 1 is 0.923 bits per heavy atom. The molecule has 0 bridgehead atoms. The van der Waals surface area contributed by atoms with Gasteiger partial charge >= 0.3 is 11.9 Å². The number of hydrogen-bond donors (Lipinski definition) is 0. The molecule has 0 atom stereocenters. The molecule has 0 aliphatic heterocycles. The third kappa shape index (κ3) is 5.77. The van der Waals surface area contributed by atoms with Crippen LogP contribution in [0.4, 0.5) is 0 Å². The second-order valence-electron chi connectivity index (χ2n) is 4.94. The van der Waals surface area contributed by atoms with E-state index in [2.05, 4.69) is 15.9 Å². The zero-order valence-corrected chi connectivity index (χ0v) is 17.2. The van der Waals surface area contributed by atoms with Gasteiger partial charge in [0, 0.05) is 9.50 Å². The average molecular weight is 483 g/mol. The van der Waals surface area contributed by atoms with Gasteiger partial charge in [-0.3, -0.25) is 9.59 Å². The Labute approximate surface area is 173 Å². The van der Waals surface area contributed by atoms with E-state index in [1.165, 1.54) is 19.2 Å². The summed E-state index contributed by atoms with van der Waals surface area (Å²) in [4.78, 5) is 23.8. The van der Waals surface area contributed by atoms with Crippen LogP contribution in [0.25, 0.3) is 0 Å². The molecule has 0 heterocycles. The lowest BCUT2D eigenvalue weighted by atomic mass is 10.3. The second-order valence-corrected chi connectivity index (χ2v) is 7.11. The zero-order valence-electron chi connectivity index (χ0n) is 13.4. The van der Waals surface area contributed by atoms with E-state index in [1.807, 2.05) is 0 Å². The monoisotopic (exact) mass is 480 g/mol. The van der Waals surface area contributed by atoms with Gasteiger partial charge in [-0.05, 0) is 30.3 Å². The maximum Gasteiger partial charge on any atom is 0.311 e. The summed E-state index contributed by atoms with van der Waals surface area (Å²) >= 11 is 21.0. The van der Waals surface area contributed by atoms with Crippen LogP contribution in [0.1, 0.15) is 12.8 Å². The topological polar surface area (TPSA) is 61.8 Å². The summed E-state index contributed by atoms with van der Waals surface area (Å²) in [6.45, 7) is 0. The zero-order chi connectivity index (χ0) is 19.3. The highest BCUT2D eigenvalue weighted by atomic mass is 79.9. The molecule has 0 saturated heterocycles. The van der Waals surface area contributed by atoms with Gasteiger partial charge in [0.05, 0.1) is 30.0 Å². The molecule has 2 rings (SSSR count). The fourth-order valence-corrected chi connectivity index (χ4v) is 3.13. The number of ether oxygens (including phenoxy) is 3. The maximum atomic E-state index is 11.9. The van der Waals surface area contributed by atoms with Gasteiger partial charge in [0.2, 0.25) is 0 Å². The van der Waals surface area contributed by atoms with E-state index in [0.717, 1.165) is 4.47 Å². The molecule has 0 aliphatic carbocycles. The second kappa shape index (κ2) is 9.46. The van der Waals surface area contributed by atoms with Crippen LogP contribution in [-0.4, -0.2) is 19.0 Å². The van der Waals surface area contributed by atoms with Crippen molar-refractivity contribution >= 4 is 62.7 Å². The Hall–Kier alpha value is -1.47.